The van der Waals surface area contributed by atoms with Gasteiger partial charge in [0.25, 0.3) is 0 Å². The maximum Gasteiger partial charge on any atom is 0.142 e. The monoisotopic (exact) mass is 376 g/mol. The Bertz CT molecular complexity index is 1140. The first kappa shape index (κ1) is 16.9. The highest BCUT2D eigenvalue weighted by Gasteiger charge is 2.17. The van der Waals surface area contributed by atoms with Crippen molar-refractivity contribution in [2.75, 3.05) is 5.73 Å². The Hall–Kier alpha value is -3.22. The van der Waals surface area contributed by atoms with Crippen molar-refractivity contribution in [2.45, 2.75) is 38.1 Å². The van der Waals surface area contributed by atoms with Gasteiger partial charge in [0, 0.05) is 23.5 Å². The van der Waals surface area contributed by atoms with E-state index in [1.807, 2.05) is 12.3 Å². The maximum absolute atomic E-state index is 13.5. The van der Waals surface area contributed by atoms with Crippen LogP contribution in [0.25, 0.3) is 33.5 Å². The molecule has 1 aromatic carbocycles. The second-order valence-electron chi connectivity index (χ2n) is 7.40. The molecule has 3 heterocycles. The third kappa shape index (κ3) is 3.02. The van der Waals surface area contributed by atoms with Crippen LogP contribution in [-0.2, 0) is 0 Å². The number of imidazole rings is 1. The molecule has 6 nitrogen and oxygen atoms in total. The van der Waals surface area contributed by atoms with Crippen LogP contribution in [0.3, 0.4) is 0 Å². The molecule has 5 rings (SSSR count). The Kier molecular flexibility index (Phi) is 4.07. The number of aromatic amines is 1. The van der Waals surface area contributed by atoms with Crippen LogP contribution in [0.4, 0.5) is 10.2 Å². The largest absolute Gasteiger partial charge is 0.383 e. The van der Waals surface area contributed by atoms with Gasteiger partial charge in [-0.15, -0.1) is 0 Å². The summed E-state index contributed by atoms with van der Waals surface area (Å²) in [5, 5.41) is 4.58. The Morgan fingerprint density at radius 1 is 1.07 bits per heavy atom. The standard InChI is InChI=1S/C21H21FN6/c22-15-6-7-18-19(9-15)27-21(26-18)17-8-13(10-24-20(17)23)14-11-25-28(12-14)16-4-2-1-3-5-16/h6-12,16H,1-5H2,(H2,23,24)(H,26,27). The van der Waals surface area contributed by atoms with Gasteiger partial charge in [-0.2, -0.15) is 5.10 Å². The second kappa shape index (κ2) is 6.74. The van der Waals surface area contributed by atoms with Crippen molar-refractivity contribution < 1.29 is 4.39 Å². The lowest BCUT2D eigenvalue weighted by atomic mass is 9.96. The van der Waals surface area contributed by atoms with Gasteiger partial charge < -0.3 is 10.7 Å². The predicted molar refractivity (Wildman–Crippen MR) is 107 cm³/mol. The summed E-state index contributed by atoms with van der Waals surface area (Å²) in [6.45, 7) is 0. The third-order valence-electron chi connectivity index (χ3n) is 5.50. The lowest BCUT2D eigenvalue weighted by Crippen LogP contribution is -2.12. The molecule has 0 aliphatic heterocycles. The van der Waals surface area contributed by atoms with E-state index in [-0.39, 0.29) is 5.82 Å². The Morgan fingerprint density at radius 2 is 1.93 bits per heavy atom. The molecule has 142 valence electrons. The predicted octanol–water partition coefficient (Wildman–Crippen LogP) is 4.71. The topological polar surface area (TPSA) is 85.4 Å². The summed E-state index contributed by atoms with van der Waals surface area (Å²) in [6, 6.07) is 6.90. The van der Waals surface area contributed by atoms with E-state index in [1.54, 1.807) is 12.3 Å². The van der Waals surface area contributed by atoms with Crippen LogP contribution in [0.2, 0.25) is 0 Å². The first-order valence-corrected chi connectivity index (χ1v) is 9.63. The van der Waals surface area contributed by atoms with E-state index in [1.165, 1.54) is 44.2 Å². The van der Waals surface area contributed by atoms with Crippen molar-refractivity contribution >= 4 is 16.9 Å². The molecule has 0 radical (unpaired) electrons. The van der Waals surface area contributed by atoms with E-state index >= 15 is 0 Å². The molecule has 0 atom stereocenters. The molecule has 7 heteroatoms. The highest BCUT2D eigenvalue weighted by molar-refractivity contribution is 5.83. The van der Waals surface area contributed by atoms with E-state index in [0.29, 0.717) is 34.3 Å². The summed E-state index contributed by atoms with van der Waals surface area (Å²) < 4.78 is 15.6. The summed E-state index contributed by atoms with van der Waals surface area (Å²) in [5.41, 5.74) is 10.0. The molecule has 3 aromatic heterocycles. The average molecular weight is 376 g/mol. The SMILES string of the molecule is Nc1ncc(-c2cnn(C3CCCCC3)c2)cc1-c1nc2ccc(F)cc2[nH]1. The fraction of sp³-hybridized carbons (Fsp3) is 0.286. The van der Waals surface area contributed by atoms with Crippen LogP contribution in [0.5, 0.6) is 0 Å². The van der Waals surface area contributed by atoms with Gasteiger partial charge in [0.2, 0.25) is 0 Å². The van der Waals surface area contributed by atoms with Crippen molar-refractivity contribution in [3.8, 4) is 22.5 Å². The molecule has 0 amide bonds. The molecule has 3 N–H and O–H groups in total. The molecule has 0 bridgehead atoms. The number of nitrogens with zero attached hydrogens (tertiary/aromatic N) is 4. The van der Waals surface area contributed by atoms with Gasteiger partial charge >= 0.3 is 0 Å². The number of halogens is 1. The maximum atomic E-state index is 13.5. The Balaban J connectivity index is 1.51. The number of nitrogen functional groups attached to an aromatic ring is 1. The molecule has 1 aliphatic rings. The van der Waals surface area contributed by atoms with Crippen molar-refractivity contribution in [1.29, 1.82) is 0 Å². The molecule has 1 fully saturated rings. The normalized spacial score (nSPS) is 15.3. The van der Waals surface area contributed by atoms with Gasteiger partial charge in [0.15, 0.2) is 0 Å². The lowest BCUT2D eigenvalue weighted by Gasteiger charge is -2.21. The minimum atomic E-state index is -0.308. The lowest BCUT2D eigenvalue weighted by molar-refractivity contribution is 0.329. The number of rotatable bonds is 3. The van der Waals surface area contributed by atoms with Gasteiger partial charge in [-0.05, 0) is 37.1 Å². The van der Waals surface area contributed by atoms with E-state index in [4.69, 9.17) is 5.73 Å². The van der Waals surface area contributed by atoms with Crippen LogP contribution in [0.1, 0.15) is 38.1 Å². The van der Waals surface area contributed by atoms with Crippen molar-refractivity contribution in [2.24, 2.45) is 0 Å². The number of benzene rings is 1. The molecule has 4 aromatic rings. The average Bonchev–Trinajstić information content (AvgIpc) is 3.36. The molecule has 0 saturated heterocycles. The van der Waals surface area contributed by atoms with E-state index in [2.05, 4.69) is 30.9 Å². The number of hydrogen-bond acceptors (Lipinski definition) is 4. The van der Waals surface area contributed by atoms with E-state index in [9.17, 15) is 4.39 Å². The van der Waals surface area contributed by atoms with Crippen molar-refractivity contribution in [1.82, 2.24) is 24.7 Å². The number of nitrogens with one attached hydrogen (secondary N) is 1. The van der Waals surface area contributed by atoms with Crippen LogP contribution in [0, 0.1) is 5.82 Å². The van der Waals surface area contributed by atoms with Gasteiger partial charge in [0.1, 0.15) is 17.5 Å². The summed E-state index contributed by atoms with van der Waals surface area (Å²) in [7, 11) is 0. The van der Waals surface area contributed by atoms with Crippen LogP contribution < -0.4 is 5.73 Å². The summed E-state index contributed by atoms with van der Waals surface area (Å²) >= 11 is 0. The Labute approximate surface area is 161 Å². The minimum absolute atomic E-state index is 0.308. The molecule has 1 aliphatic carbocycles. The molecule has 1 saturated carbocycles. The second-order valence-corrected chi connectivity index (χ2v) is 7.40. The molecule has 0 spiro atoms. The highest BCUT2D eigenvalue weighted by atomic mass is 19.1. The summed E-state index contributed by atoms with van der Waals surface area (Å²) in [5.74, 6) is 0.646. The highest BCUT2D eigenvalue weighted by Crippen LogP contribution is 2.32. The van der Waals surface area contributed by atoms with Gasteiger partial charge in [-0.1, -0.05) is 19.3 Å². The Morgan fingerprint density at radius 3 is 2.79 bits per heavy atom. The molecular weight excluding hydrogens is 355 g/mol. The molecule has 28 heavy (non-hydrogen) atoms. The number of fused-ring (bicyclic) bond motifs is 1. The fourth-order valence-electron chi connectivity index (χ4n) is 3.96. The summed E-state index contributed by atoms with van der Waals surface area (Å²) in [6.07, 6.45) is 11.9. The molecular formula is C21H21FN6. The first-order valence-electron chi connectivity index (χ1n) is 9.63. The minimum Gasteiger partial charge on any atom is -0.383 e. The fourth-order valence-corrected chi connectivity index (χ4v) is 3.96. The number of hydrogen-bond donors (Lipinski definition) is 2. The third-order valence-corrected chi connectivity index (χ3v) is 5.50. The number of aromatic nitrogens is 5. The summed E-state index contributed by atoms with van der Waals surface area (Å²) in [4.78, 5) is 12.0. The van der Waals surface area contributed by atoms with Crippen LogP contribution >= 0.6 is 0 Å². The quantitative estimate of drug-likeness (QED) is 0.542. The van der Waals surface area contributed by atoms with Gasteiger partial charge in [0.05, 0.1) is 28.8 Å². The number of anilines is 1. The molecule has 0 unspecified atom stereocenters. The van der Waals surface area contributed by atoms with E-state index in [0.717, 1.165) is 11.1 Å². The number of pyridine rings is 1. The van der Waals surface area contributed by atoms with Gasteiger partial charge in [-0.3, -0.25) is 4.68 Å². The van der Waals surface area contributed by atoms with Crippen molar-refractivity contribution in [3.63, 3.8) is 0 Å². The smallest absolute Gasteiger partial charge is 0.142 e. The first-order chi connectivity index (χ1) is 13.7. The van der Waals surface area contributed by atoms with Crippen molar-refractivity contribution in [3.05, 3.63) is 48.7 Å². The zero-order chi connectivity index (χ0) is 19.1. The van der Waals surface area contributed by atoms with E-state index < -0.39 is 0 Å². The zero-order valence-electron chi connectivity index (χ0n) is 15.4. The number of nitrogens with two attached hydrogens (primary N) is 1. The van der Waals surface area contributed by atoms with Crippen LogP contribution in [-0.4, -0.2) is 24.7 Å². The van der Waals surface area contributed by atoms with Crippen LogP contribution in [0.15, 0.2) is 42.9 Å². The zero-order valence-corrected chi connectivity index (χ0v) is 15.4. The number of H-pyrrole nitrogens is 1. The van der Waals surface area contributed by atoms with Gasteiger partial charge in [-0.25, -0.2) is 14.4 Å².